The number of rotatable bonds is 3. The van der Waals surface area contributed by atoms with E-state index in [9.17, 15) is 4.79 Å². The minimum Gasteiger partial charge on any atom is -0.436 e. The van der Waals surface area contributed by atoms with Gasteiger partial charge in [0.25, 0.3) is 5.91 Å². The van der Waals surface area contributed by atoms with Gasteiger partial charge in [-0.05, 0) is 77.9 Å². The zero-order valence-corrected chi connectivity index (χ0v) is 19.1. The Balaban J connectivity index is 1.34. The van der Waals surface area contributed by atoms with Crippen LogP contribution >= 0.6 is 23.8 Å². The van der Waals surface area contributed by atoms with Crippen molar-refractivity contribution in [3.05, 3.63) is 95.0 Å². The van der Waals surface area contributed by atoms with Crippen molar-refractivity contribution >= 4 is 62.4 Å². The smallest absolute Gasteiger partial charge is 0.257 e. The summed E-state index contributed by atoms with van der Waals surface area (Å²) in [4.78, 5) is 17.2. The molecule has 0 saturated heterocycles. The molecule has 0 aliphatic rings. The number of halogens is 1. The number of carbonyl (C=O) groups excluding carboxylic acids is 1. The van der Waals surface area contributed by atoms with E-state index in [1.807, 2.05) is 67.6 Å². The van der Waals surface area contributed by atoms with Crippen LogP contribution in [0.1, 0.15) is 15.9 Å². The normalized spacial score (nSPS) is 11.0. The van der Waals surface area contributed by atoms with E-state index in [1.165, 1.54) is 0 Å². The van der Waals surface area contributed by atoms with Gasteiger partial charge in [0.1, 0.15) is 5.52 Å². The Bertz CT molecular complexity index is 1540. The second-order valence-electron chi connectivity index (χ2n) is 7.66. The number of hydrogen-bond acceptors (Lipinski definition) is 4. The Morgan fingerprint density at radius 3 is 2.64 bits per heavy atom. The lowest BCUT2D eigenvalue weighted by Crippen LogP contribution is -2.34. The summed E-state index contributed by atoms with van der Waals surface area (Å²) in [7, 11) is 0. The number of aryl methyl sites for hydroxylation is 1. The third-order valence-corrected chi connectivity index (χ3v) is 5.78. The molecule has 0 radical (unpaired) electrons. The van der Waals surface area contributed by atoms with E-state index in [-0.39, 0.29) is 11.0 Å². The molecule has 0 atom stereocenters. The first-order valence-corrected chi connectivity index (χ1v) is 11.0. The van der Waals surface area contributed by atoms with Crippen molar-refractivity contribution in [3.8, 4) is 11.5 Å². The summed E-state index contributed by atoms with van der Waals surface area (Å²) in [5.74, 6) is 0.168. The topological polar surface area (TPSA) is 67.2 Å². The molecule has 162 valence electrons. The van der Waals surface area contributed by atoms with Crippen molar-refractivity contribution in [3.63, 3.8) is 0 Å². The standard InChI is InChI=1S/C26H18ClN3O2S/c1-15-6-11-21-23(12-15)32-25(28-21)19-9-10-20(27)22(14-19)29-26(33)30-24(31)18-8-7-16-4-2-3-5-17(16)13-18/h2-14H,1H3,(H2,29,30,31,33). The molecule has 2 N–H and O–H groups in total. The van der Waals surface area contributed by atoms with Gasteiger partial charge < -0.3 is 9.73 Å². The van der Waals surface area contributed by atoms with Crippen LogP contribution in [0.5, 0.6) is 0 Å². The van der Waals surface area contributed by atoms with Gasteiger partial charge in [0.15, 0.2) is 10.7 Å². The van der Waals surface area contributed by atoms with E-state index in [0.717, 1.165) is 27.4 Å². The van der Waals surface area contributed by atoms with Gasteiger partial charge in [0, 0.05) is 11.1 Å². The Morgan fingerprint density at radius 2 is 1.79 bits per heavy atom. The van der Waals surface area contributed by atoms with Crippen LogP contribution in [0.3, 0.4) is 0 Å². The second kappa shape index (κ2) is 8.65. The number of anilines is 1. The van der Waals surface area contributed by atoms with Crippen molar-refractivity contribution in [1.82, 2.24) is 10.3 Å². The molecule has 0 spiro atoms. The monoisotopic (exact) mass is 471 g/mol. The highest BCUT2D eigenvalue weighted by Crippen LogP contribution is 2.30. The first-order valence-electron chi connectivity index (χ1n) is 10.2. The van der Waals surface area contributed by atoms with Gasteiger partial charge in [0.05, 0.1) is 10.7 Å². The lowest BCUT2D eigenvalue weighted by Gasteiger charge is -2.12. The van der Waals surface area contributed by atoms with E-state index in [2.05, 4.69) is 15.6 Å². The number of thiocarbonyl (C=S) groups is 1. The lowest BCUT2D eigenvalue weighted by atomic mass is 10.1. The summed E-state index contributed by atoms with van der Waals surface area (Å²) in [6.45, 7) is 2.00. The van der Waals surface area contributed by atoms with Gasteiger partial charge in [0.2, 0.25) is 5.89 Å². The number of nitrogens with zero attached hydrogens (tertiary/aromatic N) is 1. The van der Waals surface area contributed by atoms with Crippen LogP contribution in [-0.2, 0) is 0 Å². The first kappa shape index (κ1) is 21.1. The molecule has 1 amide bonds. The van der Waals surface area contributed by atoms with Crippen LogP contribution in [-0.4, -0.2) is 16.0 Å². The van der Waals surface area contributed by atoms with Gasteiger partial charge in [-0.3, -0.25) is 10.1 Å². The van der Waals surface area contributed by atoms with E-state index >= 15 is 0 Å². The van der Waals surface area contributed by atoms with Crippen molar-refractivity contribution in [2.75, 3.05) is 5.32 Å². The first-order chi connectivity index (χ1) is 16.0. The molecular formula is C26H18ClN3O2S. The molecule has 5 rings (SSSR count). The van der Waals surface area contributed by atoms with Crippen LogP contribution in [0.25, 0.3) is 33.3 Å². The number of amides is 1. The predicted octanol–water partition coefficient (Wildman–Crippen LogP) is 6.74. The van der Waals surface area contributed by atoms with Gasteiger partial charge in [-0.25, -0.2) is 4.98 Å². The number of fused-ring (bicyclic) bond motifs is 2. The maximum absolute atomic E-state index is 12.7. The fraction of sp³-hybridized carbons (Fsp3) is 0.0385. The molecule has 0 bridgehead atoms. The lowest BCUT2D eigenvalue weighted by molar-refractivity contribution is 0.0978. The zero-order chi connectivity index (χ0) is 22.9. The quantitative estimate of drug-likeness (QED) is 0.285. The van der Waals surface area contributed by atoms with Crippen molar-refractivity contribution in [2.45, 2.75) is 6.92 Å². The number of hydrogen-bond donors (Lipinski definition) is 2. The third-order valence-electron chi connectivity index (χ3n) is 5.24. The Kier molecular flexibility index (Phi) is 5.54. The Labute approximate surface area is 200 Å². The molecule has 5 aromatic rings. The van der Waals surface area contributed by atoms with Crippen LogP contribution in [0.4, 0.5) is 5.69 Å². The molecule has 0 saturated carbocycles. The van der Waals surface area contributed by atoms with Crippen molar-refractivity contribution in [2.24, 2.45) is 0 Å². The zero-order valence-electron chi connectivity index (χ0n) is 17.6. The van der Waals surface area contributed by atoms with E-state index < -0.39 is 0 Å². The van der Waals surface area contributed by atoms with E-state index in [4.69, 9.17) is 28.2 Å². The summed E-state index contributed by atoms with van der Waals surface area (Å²) in [6.07, 6.45) is 0. The summed E-state index contributed by atoms with van der Waals surface area (Å²) < 4.78 is 5.91. The van der Waals surface area contributed by atoms with Crippen molar-refractivity contribution < 1.29 is 9.21 Å². The van der Waals surface area contributed by atoms with Crippen LogP contribution in [0.15, 0.2) is 83.3 Å². The summed E-state index contributed by atoms with van der Waals surface area (Å²) in [6, 6.07) is 24.5. The molecule has 33 heavy (non-hydrogen) atoms. The number of oxazole rings is 1. The highest BCUT2D eigenvalue weighted by Gasteiger charge is 2.13. The third kappa shape index (κ3) is 4.44. The fourth-order valence-corrected chi connectivity index (χ4v) is 3.94. The molecule has 0 fully saturated rings. The van der Waals surface area contributed by atoms with Gasteiger partial charge in [-0.15, -0.1) is 0 Å². The summed E-state index contributed by atoms with van der Waals surface area (Å²) in [5, 5.41) is 8.34. The molecule has 1 aromatic heterocycles. The molecule has 0 aliphatic heterocycles. The average Bonchev–Trinajstić information content (AvgIpc) is 3.23. The molecule has 1 heterocycles. The molecule has 0 unspecified atom stereocenters. The SMILES string of the molecule is Cc1ccc2nc(-c3ccc(Cl)c(NC(=S)NC(=O)c4ccc5ccccc5c4)c3)oc2c1. The highest BCUT2D eigenvalue weighted by atomic mass is 35.5. The maximum atomic E-state index is 12.7. The van der Waals surface area contributed by atoms with E-state index in [0.29, 0.717) is 27.7 Å². The Hall–Kier alpha value is -3.74. The van der Waals surface area contributed by atoms with Gasteiger partial charge >= 0.3 is 0 Å². The summed E-state index contributed by atoms with van der Waals surface area (Å²) in [5.41, 5.74) is 4.37. The van der Waals surface area contributed by atoms with Gasteiger partial charge in [-0.1, -0.05) is 48.0 Å². The Morgan fingerprint density at radius 1 is 0.970 bits per heavy atom. The fourth-order valence-electron chi connectivity index (χ4n) is 3.57. The number of aromatic nitrogens is 1. The minimum atomic E-state index is -0.306. The van der Waals surface area contributed by atoms with Crippen LogP contribution in [0.2, 0.25) is 5.02 Å². The van der Waals surface area contributed by atoms with Crippen LogP contribution in [0, 0.1) is 6.92 Å². The molecule has 7 heteroatoms. The molecular weight excluding hydrogens is 454 g/mol. The highest BCUT2D eigenvalue weighted by molar-refractivity contribution is 7.80. The van der Waals surface area contributed by atoms with E-state index in [1.54, 1.807) is 18.2 Å². The van der Waals surface area contributed by atoms with Crippen LogP contribution < -0.4 is 10.6 Å². The van der Waals surface area contributed by atoms with Crippen molar-refractivity contribution in [1.29, 1.82) is 0 Å². The minimum absolute atomic E-state index is 0.139. The van der Waals surface area contributed by atoms with Gasteiger partial charge in [-0.2, -0.15) is 0 Å². The second-order valence-corrected chi connectivity index (χ2v) is 8.47. The number of benzene rings is 4. The molecule has 4 aromatic carbocycles. The number of nitrogens with one attached hydrogen (secondary N) is 2. The predicted molar refractivity (Wildman–Crippen MR) is 137 cm³/mol. The number of carbonyl (C=O) groups is 1. The molecule has 5 nitrogen and oxygen atoms in total. The summed E-state index contributed by atoms with van der Waals surface area (Å²) >= 11 is 11.7. The average molecular weight is 472 g/mol. The largest absolute Gasteiger partial charge is 0.436 e. The molecule has 0 aliphatic carbocycles. The maximum Gasteiger partial charge on any atom is 0.257 e.